The Labute approximate surface area is 111 Å². The monoisotopic (exact) mass is 281 g/mol. The van der Waals surface area contributed by atoms with Crippen LogP contribution in [0.3, 0.4) is 0 Å². The van der Waals surface area contributed by atoms with E-state index in [2.05, 4.69) is 19.9 Å². The molecule has 0 spiro atoms. The molecular formula is C11H15N5O2S. The molecule has 1 atom stereocenters. The Morgan fingerprint density at radius 3 is 2.89 bits per heavy atom. The summed E-state index contributed by atoms with van der Waals surface area (Å²) in [7, 11) is -3.61. The van der Waals surface area contributed by atoms with Crippen molar-refractivity contribution in [3.63, 3.8) is 0 Å². The summed E-state index contributed by atoms with van der Waals surface area (Å²) in [5, 5.41) is 6.31. The molecule has 7 nitrogen and oxygen atoms in total. The van der Waals surface area contributed by atoms with E-state index < -0.39 is 16.1 Å². The molecule has 4 N–H and O–H groups in total. The molecule has 0 aliphatic carbocycles. The fourth-order valence-corrected chi connectivity index (χ4v) is 2.90. The lowest BCUT2D eigenvalue weighted by molar-refractivity contribution is 0.560. The van der Waals surface area contributed by atoms with Gasteiger partial charge in [0.2, 0.25) is 10.0 Å². The van der Waals surface area contributed by atoms with Gasteiger partial charge in [0.25, 0.3) is 0 Å². The van der Waals surface area contributed by atoms with Gasteiger partial charge in [-0.25, -0.2) is 18.1 Å². The minimum absolute atomic E-state index is 0.182. The Bertz CT molecular complexity index is 639. The summed E-state index contributed by atoms with van der Waals surface area (Å²) in [4.78, 5) is 4.10. The molecule has 0 aliphatic rings. The van der Waals surface area contributed by atoms with Crippen LogP contribution < -0.4 is 10.5 Å². The van der Waals surface area contributed by atoms with Crippen molar-refractivity contribution in [2.75, 3.05) is 0 Å². The average molecular weight is 281 g/mol. The molecule has 1 aromatic heterocycles. The van der Waals surface area contributed by atoms with Gasteiger partial charge in [-0.05, 0) is 24.6 Å². The molecule has 0 saturated heterocycles. The van der Waals surface area contributed by atoms with E-state index in [1.54, 1.807) is 25.1 Å². The van der Waals surface area contributed by atoms with Crippen LogP contribution in [0.1, 0.15) is 24.4 Å². The SMILES string of the molecule is CC(NS(=O)(=O)c1cccc(CN)c1)c1ncn[nH]1. The minimum Gasteiger partial charge on any atom is -0.326 e. The van der Waals surface area contributed by atoms with Crippen molar-refractivity contribution in [3.05, 3.63) is 42.0 Å². The molecule has 0 saturated carbocycles. The van der Waals surface area contributed by atoms with Gasteiger partial charge in [0.05, 0.1) is 10.9 Å². The molecule has 0 radical (unpaired) electrons. The second kappa shape index (κ2) is 5.47. The van der Waals surface area contributed by atoms with Crippen LogP contribution in [0.25, 0.3) is 0 Å². The first-order valence-corrected chi connectivity index (χ1v) is 7.18. The highest BCUT2D eigenvalue weighted by Gasteiger charge is 2.19. The van der Waals surface area contributed by atoms with Gasteiger partial charge in [0.1, 0.15) is 12.2 Å². The second-order valence-corrected chi connectivity index (χ2v) is 5.78. The highest BCUT2D eigenvalue weighted by molar-refractivity contribution is 7.89. The largest absolute Gasteiger partial charge is 0.326 e. The van der Waals surface area contributed by atoms with Crippen molar-refractivity contribution in [1.29, 1.82) is 0 Å². The van der Waals surface area contributed by atoms with Crippen LogP contribution in [0.5, 0.6) is 0 Å². The molecule has 1 aromatic carbocycles. The number of aromatic amines is 1. The molecule has 0 amide bonds. The Morgan fingerprint density at radius 2 is 2.26 bits per heavy atom. The third-order valence-electron chi connectivity index (χ3n) is 2.62. The number of sulfonamides is 1. The quantitative estimate of drug-likeness (QED) is 0.729. The molecule has 19 heavy (non-hydrogen) atoms. The zero-order valence-electron chi connectivity index (χ0n) is 10.4. The molecule has 0 fully saturated rings. The molecular weight excluding hydrogens is 266 g/mol. The van der Waals surface area contributed by atoms with E-state index in [1.807, 2.05) is 0 Å². The predicted octanol–water partition coefficient (Wildman–Crippen LogP) is 0.303. The van der Waals surface area contributed by atoms with E-state index in [0.29, 0.717) is 12.4 Å². The normalized spacial score (nSPS) is 13.4. The lowest BCUT2D eigenvalue weighted by Crippen LogP contribution is -2.27. The minimum atomic E-state index is -3.61. The van der Waals surface area contributed by atoms with Crippen LogP contribution in [-0.2, 0) is 16.6 Å². The summed E-state index contributed by atoms with van der Waals surface area (Å²) in [5.41, 5.74) is 6.26. The van der Waals surface area contributed by atoms with E-state index in [0.717, 1.165) is 5.56 Å². The Morgan fingerprint density at radius 1 is 1.47 bits per heavy atom. The van der Waals surface area contributed by atoms with Gasteiger partial charge in [-0.15, -0.1) is 0 Å². The number of H-pyrrole nitrogens is 1. The number of hydrogen-bond donors (Lipinski definition) is 3. The third kappa shape index (κ3) is 3.16. The Kier molecular flexibility index (Phi) is 3.93. The van der Waals surface area contributed by atoms with Gasteiger partial charge in [-0.3, -0.25) is 5.10 Å². The first-order chi connectivity index (χ1) is 9.03. The highest BCUT2D eigenvalue weighted by Crippen LogP contribution is 2.15. The van der Waals surface area contributed by atoms with Crippen molar-refractivity contribution in [2.24, 2.45) is 5.73 Å². The van der Waals surface area contributed by atoms with Crippen LogP contribution in [-0.4, -0.2) is 23.6 Å². The molecule has 1 unspecified atom stereocenters. The van der Waals surface area contributed by atoms with Crippen LogP contribution in [0.4, 0.5) is 0 Å². The molecule has 8 heteroatoms. The zero-order valence-corrected chi connectivity index (χ0v) is 11.2. The van der Waals surface area contributed by atoms with Gasteiger partial charge >= 0.3 is 0 Å². The van der Waals surface area contributed by atoms with Crippen molar-refractivity contribution in [1.82, 2.24) is 19.9 Å². The summed E-state index contributed by atoms with van der Waals surface area (Å²) in [6.07, 6.45) is 1.33. The topological polar surface area (TPSA) is 114 Å². The summed E-state index contributed by atoms with van der Waals surface area (Å²) < 4.78 is 26.9. The lowest BCUT2D eigenvalue weighted by Gasteiger charge is -2.12. The van der Waals surface area contributed by atoms with Crippen molar-refractivity contribution in [2.45, 2.75) is 24.4 Å². The van der Waals surface area contributed by atoms with E-state index in [-0.39, 0.29) is 4.90 Å². The number of nitrogens with two attached hydrogens (primary N) is 1. The van der Waals surface area contributed by atoms with Gasteiger partial charge < -0.3 is 5.73 Å². The fourth-order valence-electron chi connectivity index (χ4n) is 1.62. The number of benzene rings is 1. The maximum Gasteiger partial charge on any atom is 0.241 e. The molecule has 2 aromatic rings. The molecule has 1 heterocycles. The summed E-state index contributed by atoms with van der Waals surface area (Å²) in [6.45, 7) is 1.98. The van der Waals surface area contributed by atoms with Crippen LogP contribution >= 0.6 is 0 Å². The molecule has 102 valence electrons. The third-order valence-corrected chi connectivity index (χ3v) is 4.16. The average Bonchev–Trinajstić information content (AvgIpc) is 2.92. The van der Waals surface area contributed by atoms with Crippen molar-refractivity contribution < 1.29 is 8.42 Å². The Balaban J connectivity index is 2.22. The molecule has 2 rings (SSSR count). The Hall–Kier alpha value is -1.77. The number of hydrogen-bond acceptors (Lipinski definition) is 5. The maximum atomic E-state index is 12.2. The fraction of sp³-hybridized carbons (Fsp3) is 0.273. The highest BCUT2D eigenvalue weighted by atomic mass is 32.2. The van der Waals surface area contributed by atoms with E-state index in [9.17, 15) is 8.42 Å². The zero-order chi connectivity index (χ0) is 13.9. The maximum absolute atomic E-state index is 12.2. The van der Waals surface area contributed by atoms with E-state index in [1.165, 1.54) is 12.4 Å². The summed E-state index contributed by atoms with van der Waals surface area (Å²) in [6, 6.07) is 6.02. The first kappa shape index (κ1) is 13.7. The van der Waals surface area contributed by atoms with Gasteiger partial charge in [0.15, 0.2) is 0 Å². The van der Waals surface area contributed by atoms with Crippen molar-refractivity contribution >= 4 is 10.0 Å². The van der Waals surface area contributed by atoms with E-state index in [4.69, 9.17) is 5.73 Å². The summed E-state index contributed by atoms with van der Waals surface area (Å²) >= 11 is 0. The standard InChI is InChI=1S/C11H15N5O2S/c1-8(11-13-7-14-15-11)16-19(17,18)10-4-2-3-9(5-10)6-12/h2-5,7-8,16H,6,12H2,1H3,(H,13,14,15). The smallest absolute Gasteiger partial charge is 0.241 e. The van der Waals surface area contributed by atoms with Crippen LogP contribution in [0, 0.1) is 0 Å². The lowest BCUT2D eigenvalue weighted by atomic mass is 10.2. The van der Waals surface area contributed by atoms with Gasteiger partial charge in [0, 0.05) is 6.54 Å². The number of rotatable bonds is 5. The van der Waals surface area contributed by atoms with Crippen LogP contribution in [0.2, 0.25) is 0 Å². The van der Waals surface area contributed by atoms with Crippen LogP contribution in [0.15, 0.2) is 35.5 Å². The molecule has 0 bridgehead atoms. The number of nitrogens with one attached hydrogen (secondary N) is 2. The first-order valence-electron chi connectivity index (χ1n) is 5.69. The predicted molar refractivity (Wildman–Crippen MR) is 69.5 cm³/mol. The number of nitrogens with zero attached hydrogens (tertiary/aromatic N) is 2. The van der Waals surface area contributed by atoms with E-state index >= 15 is 0 Å². The molecule has 0 aliphatic heterocycles. The second-order valence-electron chi connectivity index (χ2n) is 4.07. The summed E-state index contributed by atoms with van der Waals surface area (Å²) in [5.74, 6) is 0.457. The number of aromatic nitrogens is 3. The van der Waals surface area contributed by atoms with Crippen molar-refractivity contribution in [3.8, 4) is 0 Å². The van der Waals surface area contributed by atoms with Gasteiger partial charge in [-0.1, -0.05) is 12.1 Å². The van der Waals surface area contributed by atoms with Gasteiger partial charge in [-0.2, -0.15) is 5.10 Å².